The lowest BCUT2D eigenvalue weighted by Crippen LogP contribution is -1.96. The van der Waals surface area contributed by atoms with E-state index in [1.54, 1.807) is 36.4 Å². The van der Waals surface area contributed by atoms with Gasteiger partial charge >= 0.3 is 0 Å². The van der Waals surface area contributed by atoms with Crippen LogP contribution in [0.1, 0.15) is 24.0 Å². The van der Waals surface area contributed by atoms with Crippen molar-refractivity contribution in [3.63, 3.8) is 0 Å². The van der Waals surface area contributed by atoms with Crippen LogP contribution >= 0.6 is 0 Å². The summed E-state index contributed by atoms with van der Waals surface area (Å²) < 4.78 is 0. The number of rotatable bonds is 4. The number of carbonyl (C=O) groups excluding carboxylic acids is 1. The van der Waals surface area contributed by atoms with E-state index in [1.807, 2.05) is 0 Å². The topological polar surface area (TPSA) is 103 Å². The summed E-state index contributed by atoms with van der Waals surface area (Å²) in [5.74, 6) is -0.0679. The second kappa shape index (κ2) is 7.10. The van der Waals surface area contributed by atoms with Gasteiger partial charge in [-0.05, 0) is 60.4 Å². The molecule has 26 heavy (non-hydrogen) atoms. The molecule has 0 radical (unpaired) electrons. The fourth-order valence-electron chi connectivity index (χ4n) is 2.76. The van der Waals surface area contributed by atoms with E-state index < -0.39 is 9.85 Å². The van der Waals surface area contributed by atoms with E-state index in [-0.39, 0.29) is 17.2 Å². The van der Waals surface area contributed by atoms with Gasteiger partial charge in [0.25, 0.3) is 11.4 Å². The van der Waals surface area contributed by atoms with Crippen LogP contribution < -0.4 is 0 Å². The number of ketones is 1. The molecule has 1 saturated carbocycles. The Bertz CT molecular complexity index is 863. The van der Waals surface area contributed by atoms with Crippen LogP contribution in [0.5, 0.6) is 0 Å². The van der Waals surface area contributed by atoms with Crippen molar-refractivity contribution in [1.29, 1.82) is 0 Å². The van der Waals surface area contributed by atoms with Crippen molar-refractivity contribution in [3.8, 4) is 0 Å². The Morgan fingerprint density at radius 1 is 0.692 bits per heavy atom. The molecule has 1 aliphatic carbocycles. The zero-order valence-corrected chi connectivity index (χ0v) is 13.6. The molecule has 0 amide bonds. The van der Waals surface area contributed by atoms with Gasteiger partial charge in [0.05, 0.1) is 9.85 Å². The van der Waals surface area contributed by atoms with Crippen molar-refractivity contribution < 1.29 is 14.6 Å². The lowest BCUT2D eigenvalue weighted by Gasteiger charge is -1.98. The van der Waals surface area contributed by atoms with Crippen LogP contribution in [0.2, 0.25) is 0 Å². The Morgan fingerprint density at radius 3 is 1.35 bits per heavy atom. The van der Waals surface area contributed by atoms with Crippen LogP contribution in [0.25, 0.3) is 12.2 Å². The smallest absolute Gasteiger partial charge is 0.269 e. The van der Waals surface area contributed by atoms with Gasteiger partial charge in [-0.3, -0.25) is 25.0 Å². The molecule has 130 valence electrons. The lowest BCUT2D eigenvalue weighted by molar-refractivity contribution is -0.385. The second-order valence-electron chi connectivity index (χ2n) is 5.87. The molecular formula is C19H14N2O5. The normalized spacial score (nSPS) is 17.0. The summed E-state index contributed by atoms with van der Waals surface area (Å²) in [5, 5.41) is 21.3. The summed E-state index contributed by atoms with van der Waals surface area (Å²) in [7, 11) is 0. The molecule has 2 aromatic carbocycles. The molecular weight excluding hydrogens is 336 g/mol. The van der Waals surface area contributed by atoms with Crippen LogP contribution in [0.4, 0.5) is 11.4 Å². The van der Waals surface area contributed by atoms with Gasteiger partial charge in [0, 0.05) is 35.4 Å². The molecule has 0 aromatic heterocycles. The van der Waals surface area contributed by atoms with Crippen LogP contribution in [0, 0.1) is 20.2 Å². The Labute approximate surface area is 148 Å². The number of Topliss-reactive ketones (excluding diaryl/α,β-unsaturated/α-hetero) is 1. The molecule has 1 fully saturated rings. The van der Waals surface area contributed by atoms with Crippen LogP contribution in [0.15, 0.2) is 59.7 Å². The highest BCUT2D eigenvalue weighted by atomic mass is 16.6. The van der Waals surface area contributed by atoms with Gasteiger partial charge in [0.1, 0.15) is 0 Å². The molecule has 0 saturated heterocycles. The van der Waals surface area contributed by atoms with Crippen LogP contribution in [-0.4, -0.2) is 15.6 Å². The van der Waals surface area contributed by atoms with Gasteiger partial charge in [-0.1, -0.05) is 0 Å². The number of carbonyl (C=O) groups is 1. The first-order valence-corrected chi connectivity index (χ1v) is 7.89. The third-order valence-corrected chi connectivity index (χ3v) is 4.14. The number of nitro groups is 2. The zero-order chi connectivity index (χ0) is 18.7. The first kappa shape index (κ1) is 17.2. The number of allylic oxidation sites excluding steroid dienone is 2. The number of hydrogen-bond acceptors (Lipinski definition) is 5. The van der Waals surface area contributed by atoms with E-state index in [1.165, 1.54) is 24.3 Å². The standard InChI is InChI=1S/C19H14N2O5/c22-19-15(11-13-1-7-17(8-2-13)20(23)24)5-6-16(19)12-14-3-9-18(10-4-14)21(25)26/h1-4,7-12H,5-6H2/b15-11-,16-12+. The van der Waals surface area contributed by atoms with E-state index in [2.05, 4.69) is 0 Å². The van der Waals surface area contributed by atoms with Gasteiger partial charge in [0.2, 0.25) is 0 Å². The number of hydrogen-bond donors (Lipinski definition) is 0. The monoisotopic (exact) mass is 350 g/mol. The van der Waals surface area contributed by atoms with Gasteiger partial charge in [-0.15, -0.1) is 0 Å². The van der Waals surface area contributed by atoms with E-state index in [0.29, 0.717) is 24.0 Å². The predicted molar refractivity (Wildman–Crippen MR) is 96.4 cm³/mol. The first-order chi connectivity index (χ1) is 12.4. The van der Waals surface area contributed by atoms with Crippen molar-refractivity contribution in [2.24, 2.45) is 0 Å². The van der Waals surface area contributed by atoms with Gasteiger partial charge in [-0.2, -0.15) is 0 Å². The Morgan fingerprint density at radius 2 is 1.04 bits per heavy atom. The maximum Gasteiger partial charge on any atom is 0.269 e. The fourth-order valence-corrected chi connectivity index (χ4v) is 2.76. The first-order valence-electron chi connectivity index (χ1n) is 7.89. The largest absolute Gasteiger partial charge is 0.289 e. The molecule has 1 aliphatic rings. The third kappa shape index (κ3) is 3.72. The molecule has 0 aliphatic heterocycles. The SMILES string of the molecule is O=C1/C(=C\c2ccc([N+](=O)[O-])cc2)CC/C1=C\c1ccc([N+](=O)[O-])cc1. The Hall–Kier alpha value is -3.61. The second-order valence-corrected chi connectivity index (χ2v) is 5.87. The summed E-state index contributed by atoms with van der Waals surface area (Å²) in [4.78, 5) is 32.9. The van der Waals surface area contributed by atoms with Gasteiger partial charge in [-0.25, -0.2) is 0 Å². The number of nitro benzene ring substituents is 2. The zero-order valence-electron chi connectivity index (χ0n) is 13.6. The van der Waals surface area contributed by atoms with E-state index >= 15 is 0 Å². The van der Waals surface area contributed by atoms with E-state index in [4.69, 9.17) is 0 Å². The highest BCUT2D eigenvalue weighted by molar-refractivity contribution is 6.15. The summed E-state index contributed by atoms with van der Waals surface area (Å²) in [6.07, 6.45) is 4.66. The van der Waals surface area contributed by atoms with Crippen molar-refractivity contribution in [3.05, 3.63) is 91.0 Å². The predicted octanol–water partition coefficient (Wildman–Crippen LogP) is 4.33. The number of nitrogens with zero attached hydrogens (tertiary/aromatic N) is 2. The minimum Gasteiger partial charge on any atom is -0.289 e. The van der Waals surface area contributed by atoms with Crippen molar-refractivity contribution >= 4 is 29.3 Å². The summed E-state index contributed by atoms with van der Waals surface area (Å²) >= 11 is 0. The van der Waals surface area contributed by atoms with E-state index in [9.17, 15) is 25.0 Å². The molecule has 2 aromatic rings. The quantitative estimate of drug-likeness (QED) is 0.464. The summed E-state index contributed by atoms with van der Waals surface area (Å²) in [6, 6.07) is 12.0. The summed E-state index contributed by atoms with van der Waals surface area (Å²) in [6.45, 7) is 0. The third-order valence-electron chi connectivity index (χ3n) is 4.14. The Kier molecular flexibility index (Phi) is 4.70. The van der Waals surface area contributed by atoms with Gasteiger partial charge < -0.3 is 0 Å². The molecule has 0 bridgehead atoms. The molecule has 0 heterocycles. The number of benzene rings is 2. The van der Waals surface area contributed by atoms with Crippen molar-refractivity contribution in [2.75, 3.05) is 0 Å². The number of non-ortho nitro benzene ring substituents is 2. The van der Waals surface area contributed by atoms with Crippen LogP contribution in [0.3, 0.4) is 0 Å². The fraction of sp³-hybridized carbons (Fsp3) is 0.105. The molecule has 0 atom stereocenters. The van der Waals surface area contributed by atoms with E-state index in [0.717, 1.165) is 11.1 Å². The van der Waals surface area contributed by atoms with Gasteiger partial charge in [0.15, 0.2) is 5.78 Å². The molecule has 0 N–H and O–H groups in total. The van der Waals surface area contributed by atoms with Crippen LogP contribution in [-0.2, 0) is 4.79 Å². The highest BCUT2D eigenvalue weighted by Gasteiger charge is 2.23. The maximum absolute atomic E-state index is 12.5. The van der Waals surface area contributed by atoms with Crippen molar-refractivity contribution in [1.82, 2.24) is 0 Å². The lowest BCUT2D eigenvalue weighted by atomic mass is 10.1. The average molecular weight is 350 g/mol. The molecule has 3 rings (SSSR count). The molecule has 0 spiro atoms. The van der Waals surface area contributed by atoms with Crippen molar-refractivity contribution in [2.45, 2.75) is 12.8 Å². The minimum atomic E-state index is -0.470. The molecule has 0 unspecified atom stereocenters. The molecule has 7 nitrogen and oxygen atoms in total. The Balaban J connectivity index is 1.78. The molecule has 7 heteroatoms. The highest BCUT2D eigenvalue weighted by Crippen LogP contribution is 2.30. The maximum atomic E-state index is 12.5. The minimum absolute atomic E-state index is 0.00338. The average Bonchev–Trinajstić information content (AvgIpc) is 2.96. The summed E-state index contributed by atoms with van der Waals surface area (Å²) in [5.41, 5.74) is 2.76.